The van der Waals surface area contributed by atoms with Crippen LogP contribution in [-0.2, 0) is 6.42 Å². The van der Waals surface area contributed by atoms with E-state index in [0.29, 0.717) is 0 Å². The Kier molecular flexibility index (Phi) is 5.36. The summed E-state index contributed by atoms with van der Waals surface area (Å²) < 4.78 is 0. The summed E-state index contributed by atoms with van der Waals surface area (Å²) in [6, 6.07) is 20.7. The van der Waals surface area contributed by atoms with E-state index in [-0.39, 0.29) is 0 Å². The van der Waals surface area contributed by atoms with Crippen molar-refractivity contribution in [3.05, 3.63) is 88.0 Å². The molecule has 4 aromatic carbocycles. The lowest BCUT2D eigenvalue weighted by Gasteiger charge is -2.27. The molecule has 0 spiro atoms. The highest BCUT2D eigenvalue weighted by Crippen LogP contribution is 2.57. The Balaban J connectivity index is 1.71. The second-order valence-electron chi connectivity index (χ2n) is 10.7. The van der Waals surface area contributed by atoms with Gasteiger partial charge < -0.3 is 0 Å². The van der Waals surface area contributed by atoms with Gasteiger partial charge in [-0.25, -0.2) is 0 Å². The molecule has 0 aliphatic heterocycles. The average Bonchev–Trinajstić information content (AvgIpc) is 3.21. The molecule has 0 bridgehead atoms. The van der Waals surface area contributed by atoms with Crippen LogP contribution >= 0.6 is 0 Å². The molecule has 0 saturated carbocycles. The number of benzene rings is 4. The average molecular weight is 445 g/mol. The lowest BCUT2D eigenvalue weighted by Crippen LogP contribution is -2.10. The van der Waals surface area contributed by atoms with Gasteiger partial charge in [-0.3, -0.25) is 0 Å². The summed E-state index contributed by atoms with van der Waals surface area (Å²) in [6.07, 6.45) is 8.98. The first-order chi connectivity index (χ1) is 16.6. The van der Waals surface area contributed by atoms with Gasteiger partial charge >= 0.3 is 0 Å². The molecule has 1 atom stereocenters. The maximum absolute atomic E-state index is 2.51. The van der Waals surface area contributed by atoms with Crippen molar-refractivity contribution < 1.29 is 0 Å². The van der Waals surface area contributed by atoms with Gasteiger partial charge in [0.25, 0.3) is 0 Å². The fourth-order valence-corrected chi connectivity index (χ4v) is 6.93. The lowest BCUT2D eigenvalue weighted by molar-refractivity contribution is 0.443. The second-order valence-corrected chi connectivity index (χ2v) is 10.7. The van der Waals surface area contributed by atoms with Crippen molar-refractivity contribution in [2.75, 3.05) is 0 Å². The van der Waals surface area contributed by atoms with Gasteiger partial charge in [-0.05, 0) is 105 Å². The minimum absolute atomic E-state index is 0.805. The Morgan fingerprint density at radius 1 is 0.765 bits per heavy atom. The Bertz CT molecular complexity index is 1460. The number of rotatable bonds is 6. The van der Waals surface area contributed by atoms with Crippen LogP contribution in [0.2, 0.25) is 0 Å². The summed E-state index contributed by atoms with van der Waals surface area (Å²) in [5.41, 5.74) is 13.9. The van der Waals surface area contributed by atoms with E-state index in [4.69, 9.17) is 0 Å². The molecule has 172 valence electrons. The van der Waals surface area contributed by atoms with Crippen molar-refractivity contribution in [3.63, 3.8) is 0 Å². The number of hydrogen-bond acceptors (Lipinski definition) is 0. The van der Waals surface area contributed by atoms with E-state index < -0.39 is 0 Å². The minimum Gasteiger partial charge on any atom is -0.0654 e. The van der Waals surface area contributed by atoms with Crippen LogP contribution in [0, 0.1) is 19.8 Å². The summed E-state index contributed by atoms with van der Waals surface area (Å²) in [5, 5.41) is 5.69. The molecular weight excluding hydrogens is 408 g/mol. The number of hydrogen-bond donors (Lipinski definition) is 0. The van der Waals surface area contributed by atoms with Crippen molar-refractivity contribution in [1.82, 2.24) is 0 Å². The predicted molar refractivity (Wildman–Crippen MR) is 149 cm³/mol. The normalized spacial score (nSPS) is 15.2. The molecule has 0 fully saturated rings. The first-order valence-corrected chi connectivity index (χ1v) is 13.4. The first-order valence-electron chi connectivity index (χ1n) is 13.4. The van der Waals surface area contributed by atoms with Crippen molar-refractivity contribution in [2.45, 2.75) is 72.6 Å². The van der Waals surface area contributed by atoms with Gasteiger partial charge in [-0.2, -0.15) is 0 Å². The standard InChI is InChI=1S/C34H36/c1-5-7-12-23(6-2)20-24-17-18-27-22(4)26-14-9-11-16-29(26)34-32-28-15-10-8-13-25(28)21(3)19-30(32)31(24)33(27)34/h8-11,13-16,19,23H,5-7,12,17-18,20H2,1-4H3. The zero-order chi connectivity index (χ0) is 23.4. The van der Waals surface area contributed by atoms with Crippen LogP contribution in [0.3, 0.4) is 0 Å². The molecule has 0 N–H and O–H groups in total. The molecule has 0 heterocycles. The Hall–Kier alpha value is -2.86. The molecule has 1 unspecified atom stereocenters. The van der Waals surface area contributed by atoms with Crippen LogP contribution in [0.4, 0.5) is 0 Å². The smallest absolute Gasteiger partial charge is 0.00111 e. The molecule has 0 nitrogen and oxygen atoms in total. The SMILES string of the molecule is CCCCC(CC)CC1=C2c3cc(C)c4ccccc4c3-c3c2c(c(C)c2ccccc32)CC1. The summed E-state index contributed by atoms with van der Waals surface area (Å²) in [7, 11) is 0. The van der Waals surface area contributed by atoms with Crippen LogP contribution in [-0.4, -0.2) is 0 Å². The number of aryl methyl sites for hydroxylation is 2. The molecule has 0 aromatic heterocycles. The van der Waals surface area contributed by atoms with E-state index in [1.807, 2.05) is 0 Å². The van der Waals surface area contributed by atoms with Gasteiger partial charge in [-0.15, -0.1) is 0 Å². The number of allylic oxidation sites excluding steroid dienone is 1. The third kappa shape index (κ3) is 3.11. The molecule has 0 saturated heterocycles. The molecule has 34 heavy (non-hydrogen) atoms. The fraction of sp³-hybridized carbons (Fsp3) is 0.353. The van der Waals surface area contributed by atoms with E-state index in [1.165, 1.54) is 94.3 Å². The third-order valence-corrected chi connectivity index (χ3v) is 8.73. The van der Waals surface area contributed by atoms with Gasteiger partial charge in [0.2, 0.25) is 0 Å². The summed E-state index contributed by atoms with van der Waals surface area (Å²) in [4.78, 5) is 0. The van der Waals surface area contributed by atoms with Gasteiger partial charge in [0.05, 0.1) is 0 Å². The Labute approximate surface area is 204 Å². The zero-order valence-corrected chi connectivity index (χ0v) is 21.2. The van der Waals surface area contributed by atoms with Crippen molar-refractivity contribution in [1.29, 1.82) is 0 Å². The Morgan fingerprint density at radius 2 is 1.44 bits per heavy atom. The highest BCUT2D eigenvalue weighted by atomic mass is 14.4. The largest absolute Gasteiger partial charge is 0.0654 e. The lowest BCUT2D eigenvalue weighted by atomic mass is 9.77. The van der Waals surface area contributed by atoms with Gasteiger partial charge in [0, 0.05) is 0 Å². The molecule has 2 aliphatic carbocycles. The quantitative estimate of drug-likeness (QED) is 0.244. The molecule has 0 radical (unpaired) electrons. The van der Waals surface area contributed by atoms with E-state index in [2.05, 4.69) is 82.3 Å². The molecule has 6 rings (SSSR count). The molecule has 0 amide bonds. The topological polar surface area (TPSA) is 0 Å². The molecule has 4 aromatic rings. The number of unbranched alkanes of at least 4 members (excludes halogenated alkanes) is 1. The summed E-state index contributed by atoms with van der Waals surface area (Å²) >= 11 is 0. The second kappa shape index (κ2) is 8.42. The van der Waals surface area contributed by atoms with Crippen molar-refractivity contribution >= 4 is 27.1 Å². The maximum atomic E-state index is 2.51. The Morgan fingerprint density at radius 3 is 2.15 bits per heavy atom. The predicted octanol–water partition coefficient (Wildman–Crippen LogP) is 9.94. The van der Waals surface area contributed by atoms with E-state index in [1.54, 1.807) is 22.3 Å². The monoisotopic (exact) mass is 444 g/mol. The van der Waals surface area contributed by atoms with Gasteiger partial charge in [0.15, 0.2) is 0 Å². The summed E-state index contributed by atoms with van der Waals surface area (Å²) in [6.45, 7) is 9.39. The maximum Gasteiger partial charge on any atom is -0.00111 e. The third-order valence-electron chi connectivity index (χ3n) is 8.73. The minimum atomic E-state index is 0.805. The van der Waals surface area contributed by atoms with E-state index in [0.717, 1.165) is 5.92 Å². The number of fused-ring (bicyclic) bond motifs is 7. The van der Waals surface area contributed by atoms with Crippen LogP contribution in [0.1, 0.15) is 80.2 Å². The van der Waals surface area contributed by atoms with Gasteiger partial charge in [-0.1, -0.05) is 99.7 Å². The van der Waals surface area contributed by atoms with Crippen LogP contribution in [0.5, 0.6) is 0 Å². The van der Waals surface area contributed by atoms with Gasteiger partial charge in [0.1, 0.15) is 0 Å². The van der Waals surface area contributed by atoms with E-state index in [9.17, 15) is 0 Å². The highest BCUT2D eigenvalue weighted by Gasteiger charge is 2.35. The molecule has 2 aliphatic rings. The van der Waals surface area contributed by atoms with Crippen molar-refractivity contribution in [2.24, 2.45) is 5.92 Å². The zero-order valence-electron chi connectivity index (χ0n) is 21.2. The van der Waals surface area contributed by atoms with Crippen LogP contribution in [0.25, 0.3) is 38.2 Å². The van der Waals surface area contributed by atoms with Crippen LogP contribution in [0.15, 0.2) is 60.2 Å². The highest BCUT2D eigenvalue weighted by molar-refractivity contribution is 6.20. The fourth-order valence-electron chi connectivity index (χ4n) is 6.93. The first kappa shape index (κ1) is 21.7. The van der Waals surface area contributed by atoms with Crippen molar-refractivity contribution in [3.8, 4) is 11.1 Å². The molecular formula is C34H36. The summed E-state index contributed by atoms with van der Waals surface area (Å²) in [5.74, 6) is 0.805. The van der Waals surface area contributed by atoms with Crippen LogP contribution < -0.4 is 0 Å². The molecule has 0 heteroatoms. The van der Waals surface area contributed by atoms with E-state index >= 15 is 0 Å².